The molecule has 4 heteroatoms. The van der Waals surface area contributed by atoms with Crippen LogP contribution >= 0.6 is 0 Å². The molecular weight excluding hydrogens is 134 g/mol. The largest absolute Gasteiger partial charge is 0.467 e. The molecule has 1 atom stereocenters. The molecule has 0 fully saturated rings. The molecule has 0 aromatic rings. The molecule has 56 valence electrons. The van der Waals surface area contributed by atoms with Crippen molar-refractivity contribution in [2.24, 2.45) is 0 Å². The molecule has 0 radical (unpaired) electrons. The highest BCUT2D eigenvalue weighted by molar-refractivity contribution is 5.74. The van der Waals surface area contributed by atoms with Gasteiger partial charge >= 0.3 is 5.97 Å². The maximum Gasteiger partial charge on any atom is 0.334 e. The Labute approximate surface area is 59.0 Å². The second kappa shape index (κ2) is 4.77. The van der Waals surface area contributed by atoms with E-state index in [-0.39, 0.29) is 12.8 Å². The lowest BCUT2D eigenvalue weighted by Gasteiger charge is -2.03. The topological polar surface area (TPSA) is 70.3 Å². The van der Waals surface area contributed by atoms with Gasteiger partial charge in [-0.3, -0.25) is 0 Å². The first-order valence-corrected chi connectivity index (χ1v) is 2.85. The molecule has 0 heterocycles. The third-order valence-electron chi connectivity index (χ3n) is 1.00. The van der Waals surface area contributed by atoms with Crippen LogP contribution in [0.5, 0.6) is 0 Å². The maximum atomic E-state index is 10.4. The van der Waals surface area contributed by atoms with E-state index in [4.69, 9.17) is 10.4 Å². The SMILES string of the molecule is COC(=O)C(O)CCC#N. The highest BCUT2D eigenvalue weighted by atomic mass is 16.5. The standard InChI is InChI=1S/C6H9NO3/c1-10-6(9)5(8)3-2-4-7/h5,8H,2-3H2,1H3. The van der Waals surface area contributed by atoms with Gasteiger partial charge in [0.05, 0.1) is 13.2 Å². The summed E-state index contributed by atoms with van der Waals surface area (Å²) in [4.78, 5) is 10.4. The van der Waals surface area contributed by atoms with Crippen LogP contribution in [0.15, 0.2) is 0 Å². The summed E-state index contributed by atoms with van der Waals surface area (Å²) in [6, 6.07) is 1.81. The van der Waals surface area contributed by atoms with Gasteiger partial charge in [-0.1, -0.05) is 0 Å². The number of hydrogen-bond acceptors (Lipinski definition) is 4. The minimum Gasteiger partial charge on any atom is -0.467 e. The minimum atomic E-state index is -1.15. The summed E-state index contributed by atoms with van der Waals surface area (Å²) in [6.45, 7) is 0. The first-order valence-electron chi connectivity index (χ1n) is 2.85. The van der Waals surface area contributed by atoms with Crippen LogP contribution in [0.1, 0.15) is 12.8 Å². The first-order chi connectivity index (χ1) is 4.72. The Balaban J connectivity index is 3.53. The molecule has 0 saturated carbocycles. The minimum absolute atomic E-state index is 0.142. The van der Waals surface area contributed by atoms with E-state index in [1.165, 1.54) is 7.11 Å². The number of ether oxygens (including phenoxy) is 1. The van der Waals surface area contributed by atoms with Crippen LogP contribution in [0.2, 0.25) is 0 Å². The van der Waals surface area contributed by atoms with E-state index in [0.717, 1.165) is 0 Å². The smallest absolute Gasteiger partial charge is 0.334 e. The van der Waals surface area contributed by atoms with Gasteiger partial charge in [0, 0.05) is 6.42 Å². The average molecular weight is 143 g/mol. The molecule has 4 nitrogen and oxygen atoms in total. The summed E-state index contributed by atoms with van der Waals surface area (Å²) in [5.74, 6) is -0.685. The first kappa shape index (κ1) is 8.92. The Morgan fingerprint density at radius 1 is 1.90 bits per heavy atom. The molecule has 0 bridgehead atoms. The normalized spacial score (nSPS) is 11.7. The number of aliphatic hydroxyl groups excluding tert-OH is 1. The molecule has 0 aromatic carbocycles. The van der Waals surface area contributed by atoms with Crippen molar-refractivity contribution in [3.8, 4) is 6.07 Å². The number of aliphatic hydroxyl groups is 1. The monoisotopic (exact) mass is 143 g/mol. The zero-order chi connectivity index (χ0) is 7.98. The van der Waals surface area contributed by atoms with E-state index >= 15 is 0 Å². The molecule has 10 heavy (non-hydrogen) atoms. The van der Waals surface area contributed by atoms with E-state index in [1.54, 1.807) is 0 Å². The molecule has 0 rings (SSSR count). The van der Waals surface area contributed by atoms with Crippen molar-refractivity contribution in [2.45, 2.75) is 18.9 Å². The summed E-state index contributed by atoms with van der Waals surface area (Å²) in [7, 11) is 1.19. The number of nitrogens with zero attached hydrogens (tertiary/aromatic N) is 1. The third-order valence-corrected chi connectivity index (χ3v) is 1.00. The number of rotatable bonds is 3. The van der Waals surface area contributed by atoms with Crippen molar-refractivity contribution < 1.29 is 14.6 Å². The highest BCUT2D eigenvalue weighted by Gasteiger charge is 2.13. The lowest BCUT2D eigenvalue weighted by Crippen LogP contribution is -2.21. The lowest BCUT2D eigenvalue weighted by atomic mass is 10.2. The molecule has 0 aliphatic heterocycles. The van der Waals surface area contributed by atoms with Gasteiger partial charge in [0.1, 0.15) is 0 Å². The van der Waals surface area contributed by atoms with Crippen LogP contribution in [-0.2, 0) is 9.53 Å². The average Bonchev–Trinajstić information content (AvgIpc) is 1.98. The summed E-state index contributed by atoms with van der Waals surface area (Å²) < 4.78 is 4.21. The van der Waals surface area contributed by atoms with Crippen LogP contribution in [0.25, 0.3) is 0 Å². The van der Waals surface area contributed by atoms with Crippen molar-refractivity contribution in [3.63, 3.8) is 0 Å². The second-order valence-corrected chi connectivity index (χ2v) is 1.74. The fourth-order valence-corrected chi connectivity index (χ4v) is 0.455. The van der Waals surface area contributed by atoms with Crippen molar-refractivity contribution in [1.82, 2.24) is 0 Å². The van der Waals surface area contributed by atoms with Crippen molar-refractivity contribution in [2.75, 3.05) is 7.11 Å². The second-order valence-electron chi connectivity index (χ2n) is 1.74. The molecule has 0 aliphatic rings. The molecule has 0 aliphatic carbocycles. The van der Waals surface area contributed by atoms with Gasteiger partial charge in [0.2, 0.25) is 0 Å². The van der Waals surface area contributed by atoms with Gasteiger partial charge in [-0.2, -0.15) is 5.26 Å². The van der Waals surface area contributed by atoms with Crippen LogP contribution in [-0.4, -0.2) is 24.3 Å². The number of esters is 1. The molecule has 0 amide bonds. The fraction of sp³-hybridized carbons (Fsp3) is 0.667. The van der Waals surface area contributed by atoms with Gasteiger partial charge in [-0.15, -0.1) is 0 Å². The van der Waals surface area contributed by atoms with E-state index in [9.17, 15) is 4.79 Å². The predicted octanol–water partition coefficient (Wildman–Crippen LogP) is -0.176. The number of carbonyl (C=O) groups excluding carboxylic acids is 1. The Hall–Kier alpha value is -1.08. The number of nitriles is 1. The van der Waals surface area contributed by atoms with Gasteiger partial charge in [0.25, 0.3) is 0 Å². The Morgan fingerprint density at radius 2 is 2.50 bits per heavy atom. The highest BCUT2D eigenvalue weighted by Crippen LogP contribution is 1.96. The van der Waals surface area contributed by atoms with E-state index < -0.39 is 12.1 Å². The number of methoxy groups -OCH3 is 1. The summed E-state index contributed by atoms with van der Waals surface area (Å²) >= 11 is 0. The Morgan fingerprint density at radius 3 is 2.90 bits per heavy atom. The van der Waals surface area contributed by atoms with Crippen molar-refractivity contribution in [1.29, 1.82) is 5.26 Å². The Bertz CT molecular complexity index is 150. The zero-order valence-electron chi connectivity index (χ0n) is 5.70. The van der Waals surface area contributed by atoms with Crippen LogP contribution in [0, 0.1) is 11.3 Å². The molecule has 1 unspecified atom stereocenters. The van der Waals surface area contributed by atoms with E-state index in [0.29, 0.717) is 0 Å². The molecule has 0 spiro atoms. The molecule has 1 N–H and O–H groups in total. The lowest BCUT2D eigenvalue weighted by molar-refractivity contribution is -0.150. The van der Waals surface area contributed by atoms with Crippen LogP contribution in [0.4, 0.5) is 0 Å². The van der Waals surface area contributed by atoms with E-state index in [2.05, 4.69) is 4.74 Å². The van der Waals surface area contributed by atoms with Gasteiger partial charge in [-0.25, -0.2) is 4.79 Å². The quantitative estimate of drug-likeness (QED) is 0.556. The summed E-state index contributed by atoms with van der Waals surface area (Å²) in [5.41, 5.74) is 0. The number of carbonyl (C=O) groups is 1. The number of hydrogen-bond donors (Lipinski definition) is 1. The molecule has 0 saturated heterocycles. The predicted molar refractivity (Wildman–Crippen MR) is 32.9 cm³/mol. The van der Waals surface area contributed by atoms with E-state index in [1.807, 2.05) is 6.07 Å². The van der Waals surface area contributed by atoms with Gasteiger partial charge < -0.3 is 9.84 Å². The van der Waals surface area contributed by atoms with Crippen molar-refractivity contribution >= 4 is 5.97 Å². The van der Waals surface area contributed by atoms with Gasteiger partial charge in [-0.05, 0) is 6.42 Å². The Kier molecular flexibility index (Phi) is 4.25. The summed E-state index contributed by atoms with van der Waals surface area (Å²) in [6.07, 6.45) is -0.843. The maximum absolute atomic E-state index is 10.4. The summed E-state index contributed by atoms with van der Waals surface area (Å²) in [5, 5.41) is 16.9. The van der Waals surface area contributed by atoms with Crippen LogP contribution in [0.3, 0.4) is 0 Å². The molecule has 0 aromatic heterocycles. The van der Waals surface area contributed by atoms with Crippen molar-refractivity contribution in [3.05, 3.63) is 0 Å². The molecular formula is C6H9NO3. The zero-order valence-corrected chi connectivity index (χ0v) is 5.70. The van der Waals surface area contributed by atoms with Gasteiger partial charge in [0.15, 0.2) is 6.10 Å². The van der Waals surface area contributed by atoms with Crippen LogP contribution < -0.4 is 0 Å². The fourth-order valence-electron chi connectivity index (χ4n) is 0.455. The third kappa shape index (κ3) is 3.05.